The summed E-state index contributed by atoms with van der Waals surface area (Å²) in [7, 11) is 0. The summed E-state index contributed by atoms with van der Waals surface area (Å²) in [6, 6.07) is 9.46. The number of nitrogens with one attached hydrogen (secondary N) is 1. The highest BCUT2D eigenvalue weighted by molar-refractivity contribution is 5.94. The van der Waals surface area contributed by atoms with Gasteiger partial charge in [-0.15, -0.1) is 0 Å². The van der Waals surface area contributed by atoms with Crippen molar-refractivity contribution in [2.75, 3.05) is 13.1 Å². The first-order chi connectivity index (χ1) is 10.2. The van der Waals surface area contributed by atoms with E-state index >= 15 is 0 Å². The molecular weight excluding hydrogens is 262 g/mol. The van der Waals surface area contributed by atoms with E-state index in [2.05, 4.69) is 22.4 Å². The molecule has 0 radical (unpaired) electrons. The third-order valence-corrected chi connectivity index (χ3v) is 3.83. The summed E-state index contributed by atoms with van der Waals surface area (Å²) in [4.78, 5) is 14.6. The van der Waals surface area contributed by atoms with E-state index in [1.54, 1.807) is 0 Å². The van der Waals surface area contributed by atoms with Crippen molar-refractivity contribution in [2.24, 2.45) is 0 Å². The second-order valence-electron chi connectivity index (χ2n) is 5.63. The van der Waals surface area contributed by atoms with Crippen LogP contribution in [0.25, 0.3) is 0 Å². The lowest BCUT2D eigenvalue weighted by molar-refractivity contribution is 0.0943. The van der Waals surface area contributed by atoms with Crippen LogP contribution in [0.5, 0.6) is 0 Å². The lowest BCUT2D eigenvalue weighted by Gasteiger charge is -2.15. The number of nitrogens with zero attached hydrogens (tertiary/aromatic N) is 2. The number of hydrogen-bond donors (Lipinski definition) is 1. The van der Waals surface area contributed by atoms with Gasteiger partial charge >= 0.3 is 0 Å². The Kier molecular flexibility index (Phi) is 5.77. The van der Waals surface area contributed by atoms with Gasteiger partial charge in [-0.3, -0.25) is 9.69 Å². The molecule has 4 heteroatoms. The van der Waals surface area contributed by atoms with Gasteiger partial charge in [0.2, 0.25) is 0 Å². The predicted octanol–water partition coefficient (Wildman–Crippen LogP) is 2.70. The predicted molar refractivity (Wildman–Crippen MR) is 82.7 cm³/mol. The Morgan fingerprint density at radius 1 is 1.43 bits per heavy atom. The standard InChI is InChI=1S/C17H23N3O/c1-2-6-16(12-18)19-17(21)15-8-5-7-14(11-15)13-20-9-3-4-10-20/h5,7-8,11,16H,2-4,6,9-10,13H2,1H3,(H,19,21)/t16-/m1/s1. The zero-order valence-corrected chi connectivity index (χ0v) is 12.6. The Morgan fingerprint density at radius 2 is 2.19 bits per heavy atom. The van der Waals surface area contributed by atoms with E-state index in [1.807, 2.05) is 25.1 Å². The van der Waals surface area contributed by atoms with Crippen LogP contribution in [0.3, 0.4) is 0 Å². The van der Waals surface area contributed by atoms with E-state index in [4.69, 9.17) is 5.26 Å². The number of likely N-dealkylation sites (tertiary alicyclic amines) is 1. The van der Waals surface area contributed by atoms with Crippen molar-refractivity contribution < 1.29 is 4.79 Å². The van der Waals surface area contributed by atoms with Gasteiger partial charge in [-0.25, -0.2) is 0 Å². The van der Waals surface area contributed by atoms with E-state index in [0.717, 1.165) is 31.6 Å². The maximum absolute atomic E-state index is 12.2. The van der Waals surface area contributed by atoms with Gasteiger partial charge in [0.25, 0.3) is 5.91 Å². The average molecular weight is 285 g/mol. The van der Waals surface area contributed by atoms with Gasteiger partial charge in [0.15, 0.2) is 0 Å². The summed E-state index contributed by atoms with van der Waals surface area (Å²) in [5, 5.41) is 11.8. The minimum Gasteiger partial charge on any atom is -0.336 e. The molecule has 2 rings (SSSR count). The maximum atomic E-state index is 12.2. The monoisotopic (exact) mass is 285 g/mol. The summed E-state index contributed by atoms with van der Waals surface area (Å²) in [5.74, 6) is -0.154. The van der Waals surface area contributed by atoms with Crippen LogP contribution in [0.4, 0.5) is 0 Å². The third kappa shape index (κ3) is 4.57. The van der Waals surface area contributed by atoms with Crippen molar-refractivity contribution in [2.45, 2.75) is 45.2 Å². The van der Waals surface area contributed by atoms with Gasteiger partial charge in [0, 0.05) is 12.1 Å². The molecule has 0 aliphatic carbocycles. The normalized spacial score (nSPS) is 16.4. The van der Waals surface area contributed by atoms with Crippen LogP contribution in [0, 0.1) is 11.3 Å². The molecule has 1 aliphatic heterocycles. The number of carbonyl (C=O) groups is 1. The topological polar surface area (TPSA) is 56.1 Å². The van der Waals surface area contributed by atoms with Crippen molar-refractivity contribution in [3.05, 3.63) is 35.4 Å². The highest BCUT2D eigenvalue weighted by Crippen LogP contribution is 2.14. The molecule has 0 unspecified atom stereocenters. The molecule has 1 fully saturated rings. The number of nitriles is 1. The fourth-order valence-electron chi connectivity index (χ4n) is 2.71. The molecule has 1 saturated heterocycles. The lowest BCUT2D eigenvalue weighted by atomic mass is 10.1. The first-order valence-corrected chi connectivity index (χ1v) is 7.74. The molecule has 1 aromatic carbocycles. The Balaban J connectivity index is 1.99. The summed E-state index contributed by atoms with van der Waals surface area (Å²) in [6.45, 7) is 5.19. The van der Waals surface area contributed by atoms with Crippen molar-refractivity contribution in [3.63, 3.8) is 0 Å². The zero-order chi connectivity index (χ0) is 15.1. The van der Waals surface area contributed by atoms with Gasteiger partial charge in [0.05, 0.1) is 6.07 Å². The zero-order valence-electron chi connectivity index (χ0n) is 12.6. The van der Waals surface area contributed by atoms with Gasteiger partial charge in [-0.05, 0) is 50.0 Å². The van der Waals surface area contributed by atoms with E-state index in [-0.39, 0.29) is 5.91 Å². The molecule has 0 saturated carbocycles. The van der Waals surface area contributed by atoms with Gasteiger partial charge in [0.1, 0.15) is 6.04 Å². The molecule has 112 valence electrons. The first kappa shape index (κ1) is 15.5. The number of carbonyl (C=O) groups excluding carboxylic acids is 1. The Bertz CT molecular complexity index is 515. The average Bonchev–Trinajstić information content (AvgIpc) is 3.00. The second-order valence-corrected chi connectivity index (χ2v) is 5.63. The largest absolute Gasteiger partial charge is 0.336 e. The van der Waals surface area contributed by atoms with Crippen molar-refractivity contribution in [3.8, 4) is 6.07 Å². The van der Waals surface area contributed by atoms with E-state index in [1.165, 1.54) is 12.8 Å². The van der Waals surface area contributed by atoms with Crippen LogP contribution in [0.1, 0.15) is 48.5 Å². The fourth-order valence-corrected chi connectivity index (χ4v) is 2.71. The van der Waals surface area contributed by atoms with Crippen LogP contribution in [0.2, 0.25) is 0 Å². The first-order valence-electron chi connectivity index (χ1n) is 7.74. The third-order valence-electron chi connectivity index (χ3n) is 3.83. The quantitative estimate of drug-likeness (QED) is 0.874. The maximum Gasteiger partial charge on any atom is 0.252 e. The molecule has 0 spiro atoms. The number of amides is 1. The number of benzene rings is 1. The minimum absolute atomic E-state index is 0.154. The van der Waals surface area contributed by atoms with E-state index in [0.29, 0.717) is 12.0 Å². The van der Waals surface area contributed by atoms with Gasteiger partial charge in [-0.1, -0.05) is 25.5 Å². The lowest BCUT2D eigenvalue weighted by Crippen LogP contribution is -2.33. The highest BCUT2D eigenvalue weighted by atomic mass is 16.1. The molecule has 1 heterocycles. The molecule has 1 atom stereocenters. The SMILES string of the molecule is CCC[C@H](C#N)NC(=O)c1cccc(CN2CCCC2)c1. The smallest absolute Gasteiger partial charge is 0.252 e. The Labute approximate surface area is 126 Å². The van der Waals surface area contributed by atoms with Gasteiger partial charge in [-0.2, -0.15) is 5.26 Å². The summed E-state index contributed by atoms with van der Waals surface area (Å²) >= 11 is 0. The molecular formula is C17H23N3O. The molecule has 1 aliphatic rings. The number of rotatable bonds is 6. The highest BCUT2D eigenvalue weighted by Gasteiger charge is 2.15. The van der Waals surface area contributed by atoms with Crippen LogP contribution >= 0.6 is 0 Å². The molecule has 1 N–H and O–H groups in total. The molecule has 0 bridgehead atoms. The van der Waals surface area contributed by atoms with Crippen LogP contribution in [-0.2, 0) is 6.54 Å². The molecule has 4 nitrogen and oxygen atoms in total. The molecule has 1 amide bonds. The molecule has 0 aromatic heterocycles. The van der Waals surface area contributed by atoms with E-state index < -0.39 is 6.04 Å². The second kappa shape index (κ2) is 7.80. The Morgan fingerprint density at radius 3 is 2.86 bits per heavy atom. The van der Waals surface area contributed by atoms with Crippen molar-refractivity contribution in [1.82, 2.24) is 10.2 Å². The van der Waals surface area contributed by atoms with Crippen molar-refractivity contribution >= 4 is 5.91 Å². The van der Waals surface area contributed by atoms with Gasteiger partial charge < -0.3 is 5.32 Å². The van der Waals surface area contributed by atoms with E-state index in [9.17, 15) is 4.79 Å². The fraction of sp³-hybridized carbons (Fsp3) is 0.529. The summed E-state index contributed by atoms with van der Waals surface area (Å²) < 4.78 is 0. The minimum atomic E-state index is -0.398. The molecule has 1 aromatic rings. The van der Waals surface area contributed by atoms with Crippen LogP contribution in [0.15, 0.2) is 24.3 Å². The van der Waals surface area contributed by atoms with Crippen LogP contribution < -0.4 is 5.32 Å². The number of hydrogen-bond acceptors (Lipinski definition) is 3. The van der Waals surface area contributed by atoms with Crippen molar-refractivity contribution in [1.29, 1.82) is 5.26 Å². The molecule has 21 heavy (non-hydrogen) atoms. The van der Waals surface area contributed by atoms with Crippen LogP contribution in [-0.4, -0.2) is 29.9 Å². The summed E-state index contributed by atoms with van der Waals surface area (Å²) in [5.41, 5.74) is 1.80. The Hall–Kier alpha value is -1.86. The summed E-state index contributed by atoms with van der Waals surface area (Å²) in [6.07, 6.45) is 4.10.